The van der Waals surface area contributed by atoms with Crippen LogP contribution in [-0.2, 0) is 14.6 Å². The Hall–Kier alpha value is -0.580. The van der Waals surface area contributed by atoms with Crippen LogP contribution in [0, 0.1) is 0 Å². The first kappa shape index (κ1) is 8.04. The van der Waals surface area contributed by atoms with Crippen LogP contribution in [0.4, 0.5) is 0 Å². The van der Waals surface area contributed by atoms with Crippen molar-refractivity contribution in [3.63, 3.8) is 0 Å². The van der Waals surface area contributed by atoms with E-state index in [9.17, 15) is 13.2 Å². The van der Waals surface area contributed by atoms with Crippen molar-refractivity contribution in [2.24, 2.45) is 0 Å². The van der Waals surface area contributed by atoms with E-state index in [1.54, 1.807) is 4.90 Å². The molecule has 12 heavy (non-hydrogen) atoms. The molecule has 0 saturated carbocycles. The molecule has 2 rings (SSSR count). The third-order valence-electron chi connectivity index (χ3n) is 2.64. The lowest BCUT2D eigenvalue weighted by Crippen LogP contribution is -2.64. The Morgan fingerprint density at radius 1 is 1.50 bits per heavy atom. The van der Waals surface area contributed by atoms with Gasteiger partial charge in [-0.2, -0.15) is 0 Å². The molecule has 2 saturated heterocycles. The fourth-order valence-electron chi connectivity index (χ4n) is 2.10. The second-order valence-corrected chi connectivity index (χ2v) is 5.66. The second kappa shape index (κ2) is 2.22. The lowest BCUT2D eigenvalue weighted by molar-refractivity contribution is -0.141. The highest BCUT2D eigenvalue weighted by atomic mass is 32.2. The maximum absolute atomic E-state index is 11.2. The van der Waals surface area contributed by atoms with Crippen molar-refractivity contribution in [1.29, 1.82) is 0 Å². The van der Waals surface area contributed by atoms with Gasteiger partial charge in [-0.1, -0.05) is 0 Å². The van der Waals surface area contributed by atoms with Crippen LogP contribution in [-0.4, -0.2) is 43.3 Å². The van der Waals surface area contributed by atoms with Gasteiger partial charge in [-0.3, -0.25) is 4.79 Å². The first-order chi connectivity index (χ1) is 5.52. The molecule has 2 atom stereocenters. The van der Waals surface area contributed by atoms with Crippen LogP contribution in [0.2, 0.25) is 0 Å². The van der Waals surface area contributed by atoms with Crippen molar-refractivity contribution in [2.75, 3.05) is 12.8 Å². The first-order valence-electron chi connectivity index (χ1n) is 4.01. The Kier molecular flexibility index (Phi) is 1.49. The lowest BCUT2D eigenvalue weighted by atomic mass is 10.0. The molecule has 68 valence electrons. The van der Waals surface area contributed by atoms with Crippen molar-refractivity contribution in [1.82, 2.24) is 4.90 Å². The van der Waals surface area contributed by atoms with Gasteiger partial charge in [-0.25, -0.2) is 8.42 Å². The fraction of sp³-hybridized carbons (Fsp3) is 0.857. The maximum Gasteiger partial charge on any atom is 0.243 e. The molecule has 2 fully saturated rings. The zero-order valence-electron chi connectivity index (χ0n) is 6.86. The Balaban J connectivity index is 2.26. The van der Waals surface area contributed by atoms with E-state index < -0.39 is 15.1 Å². The molecule has 0 aromatic rings. The summed E-state index contributed by atoms with van der Waals surface area (Å²) in [5, 5.41) is -0.722. The molecule has 2 heterocycles. The summed E-state index contributed by atoms with van der Waals surface area (Å²) in [6.45, 7) is 0.746. The summed E-state index contributed by atoms with van der Waals surface area (Å²) in [4.78, 5) is 12.9. The van der Waals surface area contributed by atoms with Gasteiger partial charge < -0.3 is 4.90 Å². The van der Waals surface area contributed by atoms with Crippen LogP contribution in [0.5, 0.6) is 0 Å². The second-order valence-electron chi connectivity index (χ2n) is 3.49. The van der Waals surface area contributed by atoms with E-state index in [0.717, 1.165) is 25.6 Å². The minimum absolute atomic E-state index is 0.00694. The Bertz CT molecular complexity index is 322. The number of amides is 1. The molecule has 2 unspecified atom stereocenters. The quantitative estimate of drug-likeness (QED) is 0.518. The van der Waals surface area contributed by atoms with E-state index in [1.165, 1.54) is 0 Å². The van der Waals surface area contributed by atoms with Crippen LogP contribution in [0.3, 0.4) is 0 Å². The van der Waals surface area contributed by atoms with Crippen molar-refractivity contribution in [3.05, 3.63) is 0 Å². The molecule has 5 heteroatoms. The summed E-state index contributed by atoms with van der Waals surface area (Å²) in [7, 11) is -3.16. The van der Waals surface area contributed by atoms with E-state index in [-0.39, 0.29) is 11.9 Å². The highest BCUT2D eigenvalue weighted by molar-refractivity contribution is 7.92. The summed E-state index contributed by atoms with van der Waals surface area (Å²) in [5.41, 5.74) is 0. The molecule has 0 N–H and O–H groups in total. The largest absolute Gasteiger partial charge is 0.337 e. The Morgan fingerprint density at radius 3 is 2.75 bits per heavy atom. The Morgan fingerprint density at radius 2 is 2.17 bits per heavy atom. The predicted molar refractivity (Wildman–Crippen MR) is 43.4 cm³/mol. The molecular weight excluding hydrogens is 178 g/mol. The lowest BCUT2D eigenvalue weighted by Gasteiger charge is -2.41. The average molecular weight is 189 g/mol. The number of nitrogens with zero attached hydrogens (tertiary/aromatic N) is 1. The number of carbonyl (C=O) groups excluding carboxylic acids is 1. The molecule has 0 aliphatic carbocycles. The third-order valence-corrected chi connectivity index (χ3v) is 4.07. The van der Waals surface area contributed by atoms with Crippen LogP contribution in [0.25, 0.3) is 0 Å². The summed E-state index contributed by atoms with van der Waals surface area (Å²) in [6.07, 6.45) is 2.94. The zero-order valence-corrected chi connectivity index (χ0v) is 7.67. The van der Waals surface area contributed by atoms with Gasteiger partial charge in [-0.15, -0.1) is 0 Å². The van der Waals surface area contributed by atoms with Crippen molar-refractivity contribution < 1.29 is 13.2 Å². The van der Waals surface area contributed by atoms with Gasteiger partial charge in [0.1, 0.15) is 0 Å². The zero-order chi connectivity index (χ0) is 8.93. The SMILES string of the molecule is CS(=O)(=O)C1C(=O)N2CCCC12. The summed E-state index contributed by atoms with van der Waals surface area (Å²) < 4.78 is 22.2. The molecule has 2 aliphatic heterocycles. The normalized spacial score (nSPS) is 34.8. The molecule has 4 nitrogen and oxygen atoms in total. The van der Waals surface area contributed by atoms with Crippen LogP contribution >= 0.6 is 0 Å². The first-order valence-corrected chi connectivity index (χ1v) is 5.96. The number of fused-ring (bicyclic) bond motifs is 1. The Labute approximate surface area is 71.5 Å². The average Bonchev–Trinajstić information content (AvgIpc) is 2.27. The molecular formula is C7H11NO3S. The van der Waals surface area contributed by atoms with Gasteiger partial charge in [0.05, 0.1) is 6.04 Å². The summed E-state index contributed by atoms with van der Waals surface area (Å²) in [6, 6.07) is -0.00694. The van der Waals surface area contributed by atoms with E-state index in [0.29, 0.717) is 0 Å². The van der Waals surface area contributed by atoms with E-state index >= 15 is 0 Å². The van der Waals surface area contributed by atoms with E-state index in [2.05, 4.69) is 0 Å². The fourth-order valence-corrected chi connectivity index (χ4v) is 3.45. The standard InChI is InChI=1S/C7H11NO3S/c1-12(10,11)6-5-3-2-4-8(5)7(6)9/h5-6H,2-4H2,1H3. The monoisotopic (exact) mass is 189 g/mol. The highest BCUT2D eigenvalue weighted by Gasteiger charge is 2.54. The van der Waals surface area contributed by atoms with Gasteiger partial charge in [0.25, 0.3) is 0 Å². The minimum Gasteiger partial charge on any atom is -0.337 e. The minimum atomic E-state index is -3.16. The summed E-state index contributed by atoms with van der Waals surface area (Å²) >= 11 is 0. The molecule has 0 spiro atoms. The number of β-lactam (4-membered cyclic amide) rings is 1. The molecule has 0 radical (unpaired) electrons. The topological polar surface area (TPSA) is 54.5 Å². The van der Waals surface area contributed by atoms with Gasteiger partial charge in [0.2, 0.25) is 5.91 Å². The van der Waals surface area contributed by atoms with Crippen molar-refractivity contribution in [2.45, 2.75) is 24.1 Å². The molecule has 2 aliphatic rings. The number of sulfone groups is 1. The highest BCUT2D eigenvalue weighted by Crippen LogP contribution is 2.34. The smallest absolute Gasteiger partial charge is 0.243 e. The summed E-state index contributed by atoms with van der Waals surface area (Å²) in [5.74, 6) is -0.194. The van der Waals surface area contributed by atoms with Gasteiger partial charge in [0.15, 0.2) is 15.1 Å². The predicted octanol–water partition coefficient (Wildman–Crippen LogP) is -0.596. The molecule has 1 amide bonds. The number of hydrogen-bond acceptors (Lipinski definition) is 3. The molecule has 0 aromatic carbocycles. The van der Waals surface area contributed by atoms with Gasteiger partial charge >= 0.3 is 0 Å². The van der Waals surface area contributed by atoms with Crippen LogP contribution in [0.15, 0.2) is 0 Å². The van der Waals surface area contributed by atoms with Crippen molar-refractivity contribution in [3.8, 4) is 0 Å². The number of rotatable bonds is 1. The number of carbonyl (C=O) groups is 1. The van der Waals surface area contributed by atoms with E-state index in [1.807, 2.05) is 0 Å². The van der Waals surface area contributed by atoms with Crippen molar-refractivity contribution >= 4 is 15.7 Å². The third kappa shape index (κ3) is 0.888. The van der Waals surface area contributed by atoms with Crippen LogP contribution in [0.1, 0.15) is 12.8 Å². The molecule has 0 aromatic heterocycles. The molecule has 0 bridgehead atoms. The van der Waals surface area contributed by atoms with E-state index in [4.69, 9.17) is 0 Å². The van der Waals surface area contributed by atoms with Crippen LogP contribution < -0.4 is 0 Å². The van der Waals surface area contributed by atoms with Gasteiger partial charge in [-0.05, 0) is 12.8 Å². The number of hydrogen-bond donors (Lipinski definition) is 0. The van der Waals surface area contributed by atoms with Gasteiger partial charge in [0, 0.05) is 12.8 Å². The maximum atomic E-state index is 11.2.